The lowest BCUT2D eigenvalue weighted by atomic mass is 9.95. The molecule has 21 heavy (non-hydrogen) atoms. The topological polar surface area (TPSA) is 56.1 Å². The zero-order valence-corrected chi connectivity index (χ0v) is 14.6. The van der Waals surface area contributed by atoms with Gasteiger partial charge in [0.05, 0.1) is 35.0 Å². The largest absolute Gasteiger partial charge is 0.379 e. The van der Waals surface area contributed by atoms with E-state index in [1.54, 1.807) is 0 Å². The second kappa shape index (κ2) is 7.51. The summed E-state index contributed by atoms with van der Waals surface area (Å²) in [4.78, 5) is 12.6. The fraction of sp³-hybridized carbons (Fsp3) is 0.733. The van der Waals surface area contributed by atoms with E-state index >= 15 is 0 Å². The van der Waals surface area contributed by atoms with Crippen LogP contribution in [0.4, 0.5) is 0 Å². The van der Waals surface area contributed by atoms with Crippen LogP contribution < -0.4 is 5.32 Å². The van der Waals surface area contributed by atoms with Gasteiger partial charge >= 0.3 is 0 Å². The molecule has 1 aromatic rings. The van der Waals surface area contributed by atoms with Gasteiger partial charge in [-0.1, -0.05) is 6.92 Å². The van der Waals surface area contributed by atoms with Crippen molar-refractivity contribution in [2.24, 2.45) is 5.92 Å². The van der Waals surface area contributed by atoms with Crippen LogP contribution in [0.15, 0.2) is 4.47 Å². The maximum absolute atomic E-state index is 12.6. The summed E-state index contributed by atoms with van der Waals surface area (Å²) in [7, 11) is 0. The van der Waals surface area contributed by atoms with Gasteiger partial charge in [0.25, 0.3) is 0 Å². The van der Waals surface area contributed by atoms with Crippen LogP contribution >= 0.6 is 15.9 Å². The second-order valence-corrected chi connectivity index (χ2v) is 6.30. The van der Waals surface area contributed by atoms with Crippen LogP contribution in [0.5, 0.6) is 0 Å². The molecule has 118 valence electrons. The van der Waals surface area contributed by atoms with Gasteiger partial charge in [0.2, 0.25) is 0 Å². The number of ketones is 1. The number of nitrogens with one attached hydrogen (secondary N) is 1. The van der Waals surface area contributed by atoms with Gasteiger partial charge in [0.1, 0.15) is 5.78 Å². The number of carbonyl (C=O) groups is 1. The summed E-state index contributed by atoms with van der Waals surface area (Å²) in [6, 6.07) is 0.148. The fourth-order valence-corrected chi connectivity index (χ4v) is 3.16. The summed E-state index contributed by atoms with van der Waals surface area (Å²) < 4.78 is 8.36. The molecule has 5 nitrogen and oxygen atoms in total. The molecule has 0 bridgehead atoms. The van der Waals surface area contributed by atoms with Crippen LogP contribution in [0.25, 0.3) is 0 Å². The minimum Gasteiger partial charge on any atom is -0.379 e. The average molecular weight is 358 g/mol. The highest BCUT2D eigenvalue weighted by molar-refractivity contribution is 9.10. The molecule has 0 radical (unpaired) electrons. The lowest BCUT2D eigenvalue weighted by Crippen LogP contribution is -2.40. The molecular weight excluding hydrogens is 334 g/mol. The molecule has 2 rings (SSSR count). The first kappa shape index (κ1) is 16.6. The van der Waals surface area contributed by atoms with Crippen molar-refractivity contribution in [3.63, 3.8) is 0 Å². The van der Waals surface area contributed by atoms with Crippen LogP contribution in [0.3, 0.4) is 0 Å². The third-order valence-corrected chi connectivity index (χ3v) is 4.98. The van der Waals surface area contributed by atoms with Crippen molar-refractivity contribution >= 4 is 21.7 Å². The summed E-state index contributed by atoms with van der Waals surface area (Å²) in [5.74, 6) is 0.181. The quantitative estimate of drug-likeness (QED) is 0.811. The predicted octanol–water partition coefficient (Wildman–Crippen LogP) is 2.10. The highest BCUT2D eigenvalue weighted by atomic mass is 79.9. The van der Waals surface area contributed by atoms with Crippen molar-refractivity contribution in [3.05, 3.63) is 15.9 Å². The number of hydrogen-bond acceptors (Lipinski definition) is 4. The van der Waals surface area contributed by atoms with Gasteiger partial charge in [-0.3, -0.25) is 9.48 Å². The Bertz CT molecular complexity index is 501. The van der Waals surface area contributed by atoms with Gasteiger partial charge in [-0.25, -0.2) is 0 Å². The Morgan fingerprint density at radius 3 is 2.90 bits per heavy atom. The Hall–Kier alpha value is -0.720. The molecule has 0 saturated carbocycles. The van der Waals surface area contributed by atoms with Crippen molar-refractivity contribution in [3.8, 4) is 0 Å². The number of ether oxygens (including phenoxy) is 1. The Balaban J connectivity index is 2.07. The van der Waals surface area contributed by atoms with Gasteiger partial charge in [0, 0.05) is 19.0 Å². The lowest BCUT2D eigenvalue weighted by molar-refractivity contribution is -0.122. The Morgan fingerprint density at radius 1 is 1.48 bits per heavy atom. The SMILES string of the molecule is CCCNC1COCC1C(=O)Cc1c(Br)c(C)nn1CC. The van der Waals surface area contributed by atoms with Gasteiger partial charge in [-0.2, -0.15) is 5.10 Å². The molecular formula is C15H24BrN3O2. The first-order valence-electron chi connectivity index (χ1n) is 7.64. The number of carbonyl (C=O) groups excluding carboxylic acids is 1. The van der Waals surface area contributed by atoms with E-state index in [9.17, 15) is 4.79 Å². The average Bonchev–Trinajstić information content (AvgIpc) is 3.04. The van der Waals surface area contributed by atoms with Gasteiger partial charge in [0.15, 0.2) is 0 Å². The van der Waals surface area contributed by atoms with Crippen molar-refractivity contribution in [2.45, 2.75) is 46.2 Å². The number of aryl methyl sites for hydroxylation is 2. The van der Waals surface area contributed by atoms with Crippen LogP contribution in [-0.4, -0.2) is 41.4 Å². The summed E-state index contributed by atoms with van der Waals surface area (Å²) in [6.45, 7) is 8.97. The van der Waals surface area contributed by atoms with Crippen LogP contribution in [0, 0.1) is 12.8 Å². The van der Waals surface area contributed by atoms with E-state index in [-0.39, 0.29) is 17.7 Å². The summed E-state index contributed by atoms with van der Waals surface area (Å²) in [5, 5.41) is 7.86. The minimum atomic E-state index is -0.0519. The number of rotatable bonds is 7. The molecule has 1 fully saturated rings. The molecule has 1 aliphatic heterocycles. The molecule has 1 aromatic heterocycles. The summed E-state index contributed by atoms with van der Waals surface area (Å²) >= 11 is 3.55. The van der Waals surface area contributed by atoms with Crippen LogP contribution in [0.1, 0.15) is 31.7 Å². The van der Waals surface area contributed by atoms with E-state index in [1.807, 2.05) is 18.5 Å². The molecule has 2 unspecified atom stereocenters. The Kier molecular flexibility index (Phi) is 5.96. The molecule has 2 atom stereocenters. The number of nitrogens with zero attached hydrogens (tertiary/aromatic N) is 2. The molecule has 1 saturated heterocycles. The number of hydrogen-bond donors (Lipinski definition) is 1. The minimum absolute atomic E-state index is 0.0519. The fourth-order valence-electron chi connectivity index (χ4n) is 2.74. The lowest BCUT2D eigenvalue weighted by Gasteiger charge is -2.18. The molecule has 0 spiro atoms. The maximum atomic E-state index is 12.6. The van der Waals surface area contributed by atoms with E-state index in [4.69, 9.17) is 4.74 Å². The number of halogens is 1. The smallest absolute Gasteiger partial charge is 0.145 e. The number of aromatic nitrogens is 2. The van der Waals surface area contributed by atoms with Crippen LogP contribution in [0.2, 0.25) is 0 Å². The summed E-state index contributed by atoms with van der Waals surface area (Å²) in [5.41, 5.74) is 1.91. The zero-order valence-electron chi connectivity index (χ0n) is 13.0. The van der Waals surface area contributed by atoms with E-state index in [0.717, 1.165) is 35.4 Å². The monoisotopic (exact) mass is 357 g/mol. The summed E-state index contributed by atoms with van der Waals surface area (Å²) in [6.07, 6.45) is 1.47. The zero-order chi connectivity index (χ0) is 15.4. The molecule has 6 heteroatoms. The van der Waals surface area contributed by atoms with Crippen molar-refractivity contribution in [1.29, 1.82) is 0 Å². The molecule has 0 amide bonds. The Labute approximate surface area is 134 Å². The third-order valence-electron chi connectivity index (χ3n) is 3.95. The van der Waals surface area contributed by atoms with Crippen LogP contribution in [-0.2, 0) is 22.5 Å². The van der Waals surface area contributed by atoms with E-state index in [0.29, 0.717) is 19.6 Å². The molecule has 0 aromatic carbocycles. The standard InChI is InChI=1S/C15H24BrN3O2/c1-4-6-17-12-9-21-8-11(12)14(20)7-13-15(16)10(3)18-19(13)5-2/h11-12,17H,4-9H2,1-3H3. The van der Waals surface area contributed by atoms with Crippen molar-refractivity contribution in [2.75, 3.05) is 19.8 Å². The highest BCUT2D eigenvalue weighted by Crippen LogP contribution is 2.24. The molecule has 0 aliphatic carbocycles. The molecule has 1 aliphatic rings. The highest BCUT2D eigenvalue weighted by Gasteiger charge is 2.34. The first-order valence-corrected chi connectivity index (χ1v) is 8.43. The van der Waals surface area contributed by atoms with E-state index in [1.165, 1.54) is 0 Å². The third kappa shape index (κ3) is 3.73. The molecule has 1 N–H and O–H groups in total. The van der Waals surface area contributed by atoms with Gasteiger partial charge in [-0.15, -0.1) is 0 Å². The van der Waals surface area contributed by atoms with Gasteiger partial charge in [-0.05, 0) is 42.7 Å². The number of Topliss-reactive ketones (excluding diaryl/α,β-unsaturated/α-hetero) is 1. The van der Waals surface area contributed by atoms with E-state index < -0.39 is 0 Å². The second-order valence-electron chi connectivity index (χ2n) is 5.51. The molecule has 2 heterocycles. The maximum Gasteiger partial charge on any atom is 0.145 e. The van der Waals surface area contributed by atoms with E-state index in [2.05, 4.69) is 33.3 Å². The van der Waals surface area contributed by atoms with Crippen molar-refractivity contribution < 1.29 is 9.53 Å². The normalized spacial score (nSPS) is 21.9. The van der Waals surface area contributed by atoms with Gasteiger partial charge < -0.3 is 10.1 Å². The Morgan fingerprint density at radius 2 is 2.24 bits per heavy atom. The first-order chi connectivity index (χ1) is 10.1. The predicted molar refractivity (Wildman–Crippen MR) is 85.4 cm³/mol. The van der Waals surface area contributed by atoms with Crippen molar-refractivity contribution in [1.82, 2.24) is 15.1 Å².